The highest BCUT2D eigenvalue weighted by Crippen LogP contribution is 2.10. The second-order valence-corrected chi connectivity index (χ2v) is 5.06. The maximum Gasteiger partial charge on any atom is 0.137 e. The molecule has 17 heavy (non-hydrogen) atoms. The van der Waals surface area contributed by atoms with Crippen molar-refractivity contribution in [1.82, 2.24) is 20.1 Å². The number of aromatic nitrogens is 3. The highest BCUT2D eigenvalue weighted by molar-refractivity contribution is 5.07. The summed E-state index contributed by atoms with van der Waals surface area (Å²) in [4.78, 5) is 3.89. The number of furan rings is 1. The van der Waals surface area contributed by atoms with E-state index >= 15 is 0 Å². The number of nitrogens with one attached hydrogen (secondary N) is 1. The maximum atomic E-state index is 5.70. The third-order valence-corrected chi connectivity index (χ3v) is 2.29. The standard InChI is InChI=1S/C12H18N4O/c1-12(2,3)14-6-10-4-5-11(17-10)7-16-9-13-8-15-16/h4-5,8-9,14H,6-7H2,1-3H3. The van der Waals surface area contributed by atoms with Crippen LogP contribution in [0.5, 0.6) is 0 Å². The molecule has 0 aliphatic carbocycles. The smallest absolute Gasteiger partial charge is 0.137 e. The molecule has 0 amide bonds. The van der Waals surface area contributed by atoms with E-state index in [0.717, 1.165) is 18.1 Å². The van der Waals surface area contributed by atoms with Gasteiger partial charge in [0.05, 0.1) is 6.54 Å². The Kier molecular flexibility index (Phi) is 3.28. The zero-order valence-corrected chi connectivity index (χ0v) is 10.5. The van der Waals surface area contributed by atoms with Crippen molar-refractivity contribution in [2.45, 2.75) is 39.4 Å². The minimum absolute atomic E-state index is 0.0961. The number of hydrogen-bond donors (Lipinski definition) is 1. The molecule has 0 unspecified atom stereocenters. The third kappa shape index (κ3) is 3.71. The fourth-order valence-electron chi connectivity index (χ4n) is 1.43. The third-order valence-electron chi connectivity index (χ3n) is 2.29. The highest BCUT2D eigenvalue weighted by Gasteiger charge is 2.10. The molecule has 0 aliphatic rings. The fourth-order valence-corrected chi connectivity index (χ4v) is 1.43. The second kappa shape index (κ2) is 4.71. The quantitative estimate of drug-likeness (QED) is 0.876. The van der Waals surface area contributed by atoms with Crippen LogP contribution in [0.1, 0.15) is 32.3 Å². The van der Waals surface area contributed by atoms with Gasteiger partial charge in [0.2, 0.25) is 0 Å². The van der Waals surface area contributed by atoms with Gasteiger partial charge in [0.25, 0.3) is 0 Å². The maximum absolute atomic E-state index is 5.70. The van der Waals surface area contributed by atoms with Crippen LogP contribution in [0.15, 0.2) is 29.2 Å². The molecule has 2 aromatic rings. The van der Waals surface area contributed by atoms with Crippen molar-refractivity contribution in [2.24, 2.45) is 0 Å². The molecule has 0 aromatic carbocycles. The normalized spacial score (nSPS) is 11.9. The highest BCUT2D eigenvalue weighted by atomic mass is 16.3. The van der Waals surface area contributed by atoms with Crippen LogP contribution < -0.4 is 5.32 Å². The van der Waals surface area contributed by atoms with E-state index in [2.05, 4.69) is 36.2 Å². The molecule has 0 atom stereocenters. The van der Waals surface area contributed by atoms with E-state index in [0.29, 0.717) is 6.54 Å². The summed E-state index contributed by atoms with van der Waals surface area (Å²) in [7, 11) is 0. The first-order chi connectivity index (χ1) is 8.03. The Balaban J connectivity index is 1.92. The predicted octanol–water partition coefficient (Wildman–Crippen LogP) is 1.81. The van der Waals surface area contributed by atoms with Crippen LogP contribution in [0.3, 0.4) is 0 Å². The van der Waals surface area contributed by atoms with Crippen molar-refractivity contribution in [3.63, 3.8) is 0 Å². The Morgan fingerprint density at radius 2 is 2.06 bits per heavy atom. The van der Waals surface area contributed by atoms with Gasteiger partial charge in [-0.25, -0.2) is 9.67 Å². The molecule has 0 saturated heterocycles. The van der Waals surface area contributed by atoms with Gasteiger partial charge in [-0.1, -0.05) is 0 Å². The molecular formula is C12H18N4O. The first-order valence-corrected chi connectivity index (χ1v) is 5.68. The molecule has 0 spiro atoms. The van der Waals surface area contributed by atoms with E-state index in [1.54, 1.807) is 11.0 Å². The molecule has 0 aliphatic heterocycles. The van der Waals surface area contributed by atoms with Gasteiger partial charge in [-0.05, 0) is 32.9 Å². The summed E-state index contributed by atoms with van der Waals surface area (Å²) in [6.07, 6.45) is 3.20. The van der Waals surface area contributed by atoms with Crippen molar-refractivity contribution in [3.8, 4) is 0 Å². The van der Waals surface area contributed by atoms with E-state index < -0.39 is 0 Å². The molecule has 2 rings (SSSR count). The van der Waals surface area contributed by atoms with Gasteiger partial charge in [-0.15, -0.1) is 0 Å². The lowest BCUT2D eigenvalue weighted by atomic mass is 10.1. The van der Waals surface area contributed by atoms with Crippen LogP contribution >= 0.6 is 0 Å². The van der Waals surface area contributed by atoms with E-state index in [4.69, 9.17) is 4.42 Å². The molecule has 0 saturated carbocycles. The van der Waals surface area contributed by atoms with Crippen LogP contribution in [0.2, 0.25) is 0 Å². The molecule has 0 bridgehead atoms. The Morgan fingerprint density at radius 3 is 2.71 bits per heavy atom. The van der Waals surface area contributed by atoms with Gasteiger partial charge in [0, 0.05) is 5.54 Å². The van der Waals surface area contributed by atoms with Crippen molar-refractivity contribution in [1.29, 1.82) is 0 Å². The minimum atomic E-state index is 0.0961. The van der Waals surface area contributed by atoms with Crippen molar-refractivity contribution in [2.75, 3.05) is 0 Å². The molecule has 0 radical (unpaired) electrons. The van der Waals surface area contributed by atoms with E-state index in [1.165, 1.54) is 6.33 Å². The summed E-state index contributed by atoms with van der Waals surface area (Å²) in [5.74, 6) is 1.83. The minimum Gasteiger partial charge on any atom is -0.463 e. The Hall–Kier alpha value is -1.62. The van der Waals surface area contributed by atoms with Crippen molar-refractivity contribution < 1.29 is 4.42 Å². The average Bonchev–Trinajstić information content (AvgIpc) is 2.86. The largest absolute Gasteiger partial charge is 0.463 e. The lowest BCUT2D eigenvalue weighted by Crippen LogP contribution is -2.34. The van der Waals surface area contributed by atoms with Crippen LogP contribution in [0, 0.1) is 0 Å². The number of hydrogen-bond acceptors (Lipinski definition) is 4. The SMILES string of the molecule is CC(C)(C)NCc1ccc(Cn2cncn2)o1. The Bertz CT molecular complexity index is 453. The van der Waals surface area contributed by atoms with Crippen LogP contribution in [-0.4, -0.2) is 20.3 Å². The molecule has 0 fully saturated rings. The zero-order chi connectivity index (χ0) is 12.3. The summed E-state index contributed by atoms with van der Waals surface area (Å²) in [6.45, 7) is 7.75. The summed E-state index contributed by atoms with van der Waals surface area (Å²) < 4.78 is 7.44. The molecular weight excluding hydrogens is 216 g/mol. The first kappa shape index (κ1) is 11.9. The van der Waals surface area contributed by atoms with Crippen LogP contribution in [0.4, 0.5) is 0 Å². The molecule has 2 aromatic heterocycles. The summed E-state index contributed by atoms with van der Waals surface area (Å²) in [6, 6.07) is 3.96. The van der Waals surface area contributed by atoms with Gasteiger partial charge in [-0.3, -0.25) is 0 Å². The van der Waals surface area contributed by atoms with Crippen molar-refractivity contribution >= 4 is 0 Å². The molecule has 1 N–H and O–H groups in total. The summed E-state index contributed by atoms with van der Waals surface area (Å²) in [5.41, 5.74) is 0.0961. The van der Waals surface area contributed by atoms with Gasteiger partial charge in [0.15, 0.2) is 0 Å². The monoisotopic (exact) mass is 234 g/mol. The lowest BCUT2D eigenvalue weighted by molar-refractivity contribution is 0.374. The summed E-state index contributed by atoms with van der Waals surface area (Å²) >= 11 is 0. The molecule has 5 heteroatoms. The Morgan fingerprint density at radius 1 is 1.29 bits per heavy atom. The number of rotatable bonds is 4. The van der Waals surface area contributed by atoms with Gasteiger partial charge in [-0.2, -0.15) is 5.10 Å². The van der Waals surface area contributed by atoms with Crippen LogP contribution in [0.25, 0.3) is 0 Å². The van der Waals surface area contributed by atoms with Gasteiger partial charge in [0.1, 0.15) is 30.7 Å². The fraction of sp³-hybridized carbons (Fsp3) is 0.500. The summed E-state index contributed by atoms with van der Waals surface area (Å²) in [5, 5.41) is 7.42. The topological polar surface area (TPSA) is 55.9 Å². The number of nitrogens with zero attached hydrogens (tertiary/aromatic N) is 3. The Labute approximate surface area is 101 Å². The zero-order valence-electron chi connectivity index (χ0n) is 10.5. The van der Waals surface area contributed by atoms with Crippen molar-refractivity contribution in [3.05, 3.63) is 36.3 Å². The first-order valence-electron chi connectivity index (χ1n) is 5.68. The van der Waals surface area contributed by atoms with E-state index in [9.17, 15) is 0 Å². The molecule has 2 heterocycles. The van der Waals surface area contributed by atoms with E-state index in [1.807, 2.05) is 12.1 Å². The van der Waals surface area contributed by atoms with Crippen LogP contribution in [-0.2, 0) is 13.1 Å². The predicted molar refractivity (Wildman–Crippen MR) is 64.4 cm³/mol. The molecule has 5 nitrogen and oxygen atoms in total. The lowest BCUT2D eigenvalue weighted by Gasteiger charge is -2.19. The second-order valence-electron chi connectivity index (χ2n) is 5.06. The van der Waals surface area contributed by atoms with Gasteiger partial charge < -0.3 is 9.73 Å². The van der Waals surface area contributed by atoms with Gasteiger partial charge >= 0.3 is 0 Å². The van der Waals surface area contributed by atoms with E-state index in [-0.39, 0.29) is 5.54 Å². The average molecular weight is 234 g/mol. The molecule has 92 valence electrons.